The standard InChI is InChI=1S/C30H34ClF2N5O2S.C30H35ClFN5O2S.C30H35F2N5O2S/c1-6-8-34-19-14-37-27-21(29(35-30(37)40)36-12-17(4)38(18(5)13-36)25(39)7-2)9-16(3)26(28(27)41-15-19)20-10-22(31)24(33)11-23(20)32;1-6-10-33-21-15-36-27-22(11-17(3)26(28(27)40-16-21)20-8-9-24(32)23(31)12-20)29(34-30(36)39)35-13-18(4)37(19(5)14-35)25(38)7-2;1-6-10-33-21-15-36-27-23(11-17(3)26(28(27)40-16-21)22-9-8-20(31)12-24(22)32)29(34-30(36)39)35-13-18(4)37(19(5)14-35)25(38)7-2/h7,9-11,17-19,34H,2,6,8,12-15H2,1,3-5H3;2*7-9,11-12,18-19,21,33H,2,6,10,13-16H2,1,3-5H3/t17-,18+,19?;2*18-,19+,21?. The summed E-state index contributed by atoms with van der Waals surface area (Å²) in [4.78, 5) is 107. The Balaban J connectivity index is 0.000000157. The molecule has 0 aliphatic carbocycles. The van der Waals surface area contributed by atoms with Crippen molar-refractivity contribution < 1.29 is 36.3 Å². The molecule has 3 aromatic heterocycles. The average molecular weight is 1750 g/mol. The van der Waals surface area contributed by atoms with Crippen LogP contribution in [-0.4, -0.2) is 192 Å². The summed E-state index contributed by atoms with van der Waals surface area (Å²) in [5.74, 6) is 0.210. The zero-order valence-electron chi connectivity index (χ0n) is 70.3. The number of hydrogen-bond donors (Lipinski definition) is 3. The van der Waals surface area contributed by atoms with Gasteiger partial charge in [-0.2, -0.15) is 15.0 Å². The summed E-state index contributed by atoms with van der Waals surface area (Å²) in [6.45, 7) is 41.9. The molecule has 3 amide bonds. The molecule has 6 aliphatic heterocycles. The van der Waals surface area contributed by atoms with Crippen LogP contribution in [0, 0.1) is 49.9 Å². The molecule has 121 heavy (non-hydrogen) atoms. The fraction of sp³-hybridized carbons (Fsp3) is 0.433. The predicted molar refractivity (Wildman–Crippen MR) is 481 cm³/mol. The van der Waals surface area contributed by atoms with E-state index in [2.05, 4.69) is 92.2 Å². The lowest BCUT2D eigenvalue weighted by molar-refractivity contribution is -0.131. The Morgan fingerprint density at radius 2 is 0.760 bits per heavy atom. The van der Waals surface area contributed by atoms with E-state index in [0.717, 1.165) is 126 Å². The van der Waals surface area contributed by atoms with Crippen molar-refractivity contribution in [1.29, 1.82) is 0 Å². The molecule has 0 saturated carbocycles. The number of anilines is 3. The molecule has 3 saturated heterocycles. The second-order valence-corrected chi connectivity index (χ2v) is 36.3. The first-order valence-electron chi connectivity index (χ1n) is 41.3. The van der Waals surface area contributed by atoms with Gasteiger partial charge in [0.05, 0.1) is 26.6 Å². The lowest BCUT2D eigenvalue weighted by Crippen LogP contribution is -2.58. The van der Waals surface area contributed by atoms with Crippen LogP contribution in [0.3, 0.4) is 0 Å². The Labute approximate surface area is 724 Å². The number of nitrogens with zero attached hydrogens (tertiary/aromatic N) is 12. The molecule has 9 atom stereocenters. The van der Waals surface area contributed by atoms with Gasteiger partial charge in [0.1, 0.15) is 46.5 Å². The molecule has 15 rings (SSSR count). The van der Waals surface area contributed by atoms with E-state index < -0.39 is 34.8 Å². The number of thioether (sulfide) groups is 3. The number of nitrogens with one attached hydrogen (secondary N) is 3. The van der Waals surface area contributed by atoms with Crippen LogP contribution < -0.4 is 47.7 Å². The number of carbonyl (C=O) groups excluding carboxylic acids is 3. The van der Waals surface area contributed by atoms with Gasteiger partial charge in [-0.3, -0.25) is 28.1 Å². The van der Waals surface area contributed by atoms with E-state index in [1.807, 2.05) is 84.2 Å². The van der Waals surface area contributed by atoms with Gasteiger partial charge in [0.25, 0.3) is 0 Å². The molecule has 3 unspecified atom stereocenters. The van der Waals surface area contributed by atoms with Crippen LogP contribution >= 0.6 is 58.5 Å². The van der Waals surface area contributed by atoms with E-state index in [9.17, 15) is 41.9 Å². The molecule has 6 aliphatic rings. The lowest BCUT2D eigenvalue weighted by atomic mass is 9.97. The second kappa shape index (κ2) is 38.0. The van der Waals surface area contributed by atoms with Gasteiger partial charge in [-0.05, 0) is 190 Å². The van der Waals surface area contributed by atoms with Crippen LogP contribution in [0.5, 0.6) is 0 Å². The van der Waals surface area contributed by atoms with Crippen LogP contribution in [0.1, 0.15) is 98.3 Å². The molecule has 0 bridgehead atoms. The highest BCUT2D eigenvalue weighted by molar-refractivity contribution is 8.00. The number of rotatable bonds is 18. The van der Waals surface area contributed by atoms with Gasteiger partial charge in [-0.1, -0.05) is 69.8 Å². The molecular formula is C90H104Cl2F5N15O6S3. The highest BCUT2D eigenvalue weighted by Crippen LogP contribution is 2.49. The normalized spacial score (nSPS) is 20.9. The molecule has 0 radical (unpaired) electrons. The third-order valence-electron chi connectivity index (χ3n) is 23.4. The van der Waals surface area contributed by atoms with E-state index in [4.69, 9.17) is 23.2 Å². The molecule has 0 spiro atoms. The Morgan fingerprint density at radius 3 is 1.10 bits per heavy atom. The highest BCUT2D eigenvalue weighted by Gasteiger charge is 2.40. The van der Waals surface area contributed by atoms with Crippen molar-refractivity contribution in [3.8, 4) is 33.4 Å². The number of amides is 3. The molecule has 3 N–H and O–H groups in total. The molecule has 9 aromatic rings. The maximum absolute atomic E-state index is 15.3. The summed E-state index contributed by atoms with van der Waals surface area (Å²) in [5.41, 5.74) is 7.25. The average Bonchev–Trinajstić information content (AvgIpc) is 1.72. The van der Waals surface area contributed by atoms with Gasteiger partial charge >= 0.3 is 17.1 Å². The van der Waals surface area contributed by atoms with E-state index in [1.54, 1.807) is 66.0 Å². The minimum atomic E-state index is -0.825. The van der Waals surface area contributed by atoms with E-state index >= 15 is 8.78 Å². The SMILES string of the molecule is C=CC(=O)N1[C@H](C)CN(c2nc(=O)n3c4c(c(-c5cc(Cl)c(F)cc5F)c(C)cc24)SCC(NCCC)C3)C[C@@H]1C.C=CC(=O)N1[C@H](C)CN(c2nc(=O)n3c4c(c(-c5ccc(F)c(Cl)c5)c(C)cc24)SCC(NCCC)C3)C[C@@H]1C.C=CC(=O)N1[C@H](C)CN(c2nc(=O)n3c4c(c(-c5ccc(F)cc5F)c(C)cc24)SCC(NCCC)C3)C[C@@H]1C. The van der Waals surface area contributed by atoms with Crippen molar-refractivity contribution in [1.82, 2.24) is 59.3 Å². The van der Waals surface area contributed by atoms with Crippen molar-refractivity contribution in [3.63, 3.8) is 0 Å². The lowest BCUT2D eigenvalue weighted by Gasteiger charge is -2.44. The molecule has 31 heteroatoms. The largest absolute Gasteiger partial charge is 0.352 e. The van der Waals surface area contributed by atoms with Gasteiger partial charge in [0, 0.05) is 201 Å². The fourth-order valence-electron chi connectivity index (χ4n) is 18.2. The second-order valence-electron chi connectivity index (χ2n) is 32.4. The summed E-state index contributed by atoms with van der Waals surface area (Å²) in [5, 5.41) is 13.0. The van der Waals surface area contributed by atoms with Crippen LogP contribution in [-0.2, 0) is 34.0 Å². The summed E-state index contributed by atoms with van der Waals surface area (Å²) >= 11 is 17.2. The molecule has 6 aromatic carbocycles. The monoisotopic (exact) mass is 1750 g/mol. The summed E-state index contributed by atoms with van der Waals surface area (Å²) in [7, 11) is 0. The van der Waals surface area contributed by atoms with E-state index in [0.29, 0.717) is 110 Å². The Kier molecular flexibility index (Phi) is 28.1. The molecule has 642 valence electrons. The Morgan fingerprint density at radius 1 is 0.430 bits per heavy atom. The topological polar surface area (TPSA) is 211 Å². The maximum atomic E-state index is 15.3. The zero-order valence-corrected chi connectivity index (χ0v) is 74.3. The third-order valence-corrected chi connectivity index (χ3v) is 27.7. The predicted octanol–water partition coefficient (Wildman–Crippen LogP) is 15.4. The quantitative estimate of drug-likeness (QED) is 0.0414. The van der Waals surface area contributed by atoms with Crippen molar-refractivity contribution in [3.05, 3.63) is 192 Å². The van der Waals surface area contributed by atoms with E-state index in [1.165, 1.54) is 42.5 Å². The first kappa shape index (κ1) is 89.7. The number of benzene rings is 6. The zero-order chi connectivity index (χ0) is 87.0. The number of halogens is 7. The van der Waals surface area contributed by atoms with E-state index in [-0.39, 0.29) is 99.1 Å². The van der Waals surface area contributed by atoms with Crippen LogP contribution in [0.25, 0.3) is 66.1 Å². The first-order valence-corrected chi connectivity index (χ1v) is 45.0. The smallest absolute Gasteiger partial charge is 0.350 e. The van der Waals surface area contributed by atoms with Crippen molar-refractivity contribution in [2.75, 3.05) is 90.9 Å². The molecule has 9 heterocycles. The first-order chi connectivity index (χ1) is 57.8. The van der Waals surface area contributed by atoms with Crippen molar-refractivity contribution >= 4 is 126 Å². The van der Waals surface area contributed by atoms with Gasteiger partial charge in [0.2, 0.25) is 17.7 Å². The Bertz CT molecular complexity index is 5740. The third kappa shape index (κ3) is 18.1. The molecule has 21 nitrogen and oxygen atoms in total. The number of carbonyl (C=O) groups is 3. The molecular weight excluding hydrogens is 1650 g/mol. The highest BCUT2D eigenvalue weighted by atomic mass is 35.5. The van der Waals surface area contributed by atoms with Crippen LogP contribution in [0.4, 0.5) is 39.4 Å². The summed E-state index contributed by atoms with van der Waals surface area (Å²) < 4.78 is 77.7. The van der Waals surface area contributed by atoms with Crippen LogP contribution in [0.2, 0.25) is 10.0 Å². The number of aryl methyl sites for hydroxylation is 3. The minimum Gasteiger partial charge on any atom is -0.352 e. The number of piperazine rings is 3. The minimum absolute atomic E-state index is 0.00999. The Hall–Kier alpha value is -9.07. The maximum Gasteiger partial charge on any atom is 0.350 e. The number of hydrogen-bond acceptors (Lipinski definition) is 18. The summed E-state index contributed by atoms with van der Waals surface area (Å²) in [6, 6.07) is 16.0. The summed E-state index contributed by atoms with van der Waals surface area (Å²) in [6.07, 6.45) is 6.90. The fourth-order valence-corrected chi connectivity index (χ4v) is 22.6. The molecule has 3 fully saturated rings. The van der Waals surface area contributed by atoms with Crippen molar-refractivity contribution in [2.24, 2.45) is 0 Å². The van der Waals surface area contributed by atoms with Gasteiger partial charge < -0.3 is 45.3 Å². The number of aromatic nitrogens is 6. The van der Waals surface area contributed by atoms with Gasteiger partial charge in [-0.15, -0.1) is 35.3 Å². The van der Waals surface area contributed by atoms with Gasteiger partial charge in [0.15, 0.2) is 0 Å². The van der Waals surface area contributed by atoms with Crippen LogP contribution in [0.15, 0.2) is 134 Å². The van der Waals surface area contributed by atoms with Crippen molar-refractivity contribution in [2.45, 2.75) is 191 Å². The van der Waals surface area contributed by atoms with Gasteiger partial charge in [-0.25, -0.2) is 36.3 Å².